The number of esters is 1. The number of thioether (sulfide) groups is 2. The second-order valence-electron chi connectivity index (χ2n) is 8.89. The Morgan fingerprint density at radius 2 is 2.11 bits per heavy atom. The third-order valence-electron chi connectivity index (χ3n) is 4.93. The van der Waals surface area contributed by atoms with Gasteiger partial charge in [0, 0.05) is 16.0 Å². The molecule has 3 N–H and O–H groups in total. The van der Waals surface area contributed by atoms with Crippen LogP contribution >= 0.6 is 34.9 Å². The molecule has 0 saturated carbocycles. The zero-order chi connectivity index (χ0) is 28.2. The van der Waals surface area contributed by atoms with Gasteiger partial charge in [0.1, 0.15) is 28.4 Å². The fourth-order valence-electron chi connectivity index (χ4n) is 3.35. The molecule has 2 aliphatic heterocycles. The molecule has 2 aliphatic rings. The van der Waals surface area contributed by atoms with Crippen LogP contribution in [0, 0.1) is 0 Å². The van der Waals surface area contributed by atoms with E-state index in [1.807, 2.05) is 6.92 Å². The van der Waals surface area contributed by atoms with Crippen LogP contribution in [0.4, 0.5) is 5.13 Å². The van der Waals surface area contributed by atoms with E-state index in [2.05, 4.69) is 20.8 Å². The van der Waals surface area contributed by atoms with Crippen molar-refractivity contribution in [3.8, 4) is 0 Å². The van der Waals surface area contributed by atoms with Crippen LogP contribution in [0.2, 0.25) is 0 Å². The number of carboxylic acids is 1. The van der Waals surface area contributed by atoms with Gasteiger partial charge < -0.3 is 25.3 Å². The Bertz CT molecular complexity index is 1190. The number of hydrogen-bond acceptors (Lipinski definition) is 12. The number of anilines is 1. The van der Waals surface area contributed by atoms with Gasteiger partial charge in [-0.1, -0.05) is 12.1 Å². The summed E-state index contributed by atoms with van der Waals surface area (Å²) in [5.74, 6) is -2.31. The highest BCUT2D eigenvalue weighted by Gasteiger charge is 2.54. The van der Waals surface area contributed by atoms with Gasteiger partial charge in [0.2, 0.25) is 12.5 Å². The Labute approximate surface area is 230 Å². The maximum absolute atomic E-state index is 13.3. The Morgan fingerprint density at radius 3 is 2.71 bits per heavy atom. The van der Waals surface area contributed by atoms with Gasteiger partial charge in [-0.25, -0.2) is 14.6 Å². The zero-order valence-corrected chi connectivity index (χ0v) is 23.6. The molecule has 13 nitrogen and oxygen atoms in total. The summed E-state index contributed by atoms with van der Waals surface area (Å²) in [7, 11) is 0. The molecule has 0 aromatic carbocycles. The lowest BCUT2D eigenvalue weighted by Crippen LogP contribution is -2.71. The number of rotatable bonds is 11. The molecule has 0 bridgehead atoms. The summed E-state index contributed by atoms with van der Waals surface area (Å²) in [5, 5.41) is 19.5. The van der Waals surface area contributed by atoms with Crippen molar-refractivity contribution in [2.45, 2.75) is 57.7 Å². The molecule has 0 radical (unpaired) electrons. The van der Waals surface area contributed by atoms with Crippen molar-refractivity contribution in [1.29, 1.82) is 0 Å². The molecule has 3 amide bonds. The van der Waals surface area contributed by atoms with E-state index < -0.39 is 46.9 Å². The van der Waals surface area contributed by atoms with E-state index in [-0.39, 0.29) is 22.2 Å². The summed E-state index contributed by atoms with van der Waals surface area (Å²) in [5.41, 5.74) is -1.17. The van der Waals surface area contributed by atoms with Gasteiger partial charge in [-0.3, -0.25) is 19.3 Å². The van der Waals surface area contributed by atoms with Gasteiger partial charge in [-0.2, -0.15) is 0 Å². The summed E-state index contributed by atoms with van der Waals surface area (Å²) in [6.45, 7) is 8.34. The van der Waals surface area contributed by atoms with Crippen molar-refractivity contribution >= 4 is 75.9 Å². The predicted molar refractivity (Wildman–Crippen MR) is 143 cm³/mol. The van der Waals surface area contributed by atoms with Crippen LogP contribution < -0.4 is 10.6 Å². The second-order valence-corrected chi connectivity index (χ2v) is 12.2. The molecule has 1 aromatic rings. The summed E-state index contributed by atoms with van der Waals surface area (Å²) in [6.07, 6.45) is -0.753. The minimum absolute atomic E-state index is 0.0286. The first-order chi connectivity index (χ1) is 17.9. The smallest absolute Gasteiger partial charge is 0.353 e. The zero-order valence-electron chi connectivity index (χ0n) is 21.2. The highest BCUT2D eigenvalue weighted by Crippen LogP contribution is 2.43. The first kappa shape index (κ1) is 29.4. The fraction of sp³-hybridized carbons (Fsp3) is 0.500. The molecule has 16 heteroatoms. The standard InChI is InChI=1S/C22H27N5O8S3/c1-6-36-12-8-37-18-14(17(30)27(18)15(12)19(31)32)25-16(29)13(11-7-38-21(24-11)23-9-28)26-35-10(2)20(33)34-22(3,4)5/h7,9-10,14,18H,6,8H2,1-5H3,(H,25,29)(H,31,32)(H,23,24,28)/b26-13+/t10?,14?,18-/m1/s1. The number of aliphatic carboxylic acids is 1. The molecule has 3 rings (SSSR count). The number of β-lactam (4-membered cyclic amide) rings is 1. The molecule has 3 heterocycles. The van der Waals surface area contributed by atoms with Crippen LogP contribution in [0.3, 0.4) is 0 Å². The molecule has 2 unspecified atom stereocenters. The van der Waals surface area contributed by atoms with Crippen LogP contribution in [-0.4, -0.2) is 85.5 Å². The molecule has 0 aliphatic carbocycles. The number of nitrogens with zero attached hydrogens (tertiary/aromatic N) is 3. The van der Waals surface area contributed by atoms with Crippen LogP contribution in [0.1, 0.15) is 40.3 Å². The van der Waals surface area contributed by atoms with E-state index in [1.54, 1.807) is 20.8 Å². The second kappa shape index (κ2) is 12.2. The molecule has 206 valence electrons. The number of nitrogens with one attached hydrogen (secondary N) is 2. The summed E-state index contributed by atoms with van der Waals surface area (Å²) < 4.78 is 5.25. The van der Waals surface area contributed by atoms with Crippen LogP contribution in [0.15, 0.2) is 21.1 Å². The Morgan fingerprint density at radius 1 is 1.39 bits per heavy atom. The lowest BCUT2D eigenvalue weighted by molar-refractivity contribution is -0.167. The van der Waals surface area contributed by atoms with Crippen molar-refractivity contribution in [3.63, 3.8) is 0 Å². The molecule has 1 fully saturated rings. The number of carbonyl (C=O) groups excluding carboxylic acids is 4. The normalized spacial score (nSPS) is 20.2. The number of aromatic nitrogens is 1. The van der Waals surface area contributed by atoms with Crippen molar-refractivity contribution in [2.75, 3.05) is 16.8 Å². The molecule has 38 heavy (non-hydrogen) atoms. The SMILES string of the molecule is CCSC1=C(C(=O)O)N2C(=O)C(NC(=O)/C(=N/OC(C)C(=O)OC(C)(C)C)c3csc(NC=O)n3)[C@H]2SC1. The van der Waals surface area contributed by atoms with E-state index in [4.69, 9.17) is 9.57 Å². The van der Waals surface area contributed by atoms with Gasteiger partial charge in [-0.15, -0.1) is 34.9 Å². The number of fused-ring (bicyclic) bond motifs is 1. The van der Waals surface area contributed by atoms with Crippen LogP contribution in [0.5, 0.6) is 0 Å². The van der Waals surface area contributed by atoms with Gasteiger partial charge in [0.15, 0.2) is 10.8 Å². The van der Waals surface area contributed by atoms with E-state index in [0.717, 1.165) is 11.3 Å². The van der Waals surface area contributed by atoms with E-state index in [9.17, 15) is 29.1 Å². The van der Waals surface area contributed by atoms with Crippen LogP contribution in [-0.2, 0) is 33.5 Å². The van der Waals surface area contributed by atoms with E-state index >= 15 is 0 Å². The monoisotopic (exact) mass is 585 g/mol. The van der Waals surface area contributed by atoms with Crippen molar-refractivity contribution < 1.29 is 38.7 Å². The molecular formula is C22H27N5O8S3. The average molecular weight is 586 g/mol. The summed E-state index contributed by atoms with van der Waals surface area (Å²) in [4.78, 5) is 72.2. The number of amides is 3. The van der Waals surface area contributed by atoms with Crippen LogP contribution in [0.25, 0.3) is 0 Å². The molecule has 0 spiro atoms. The molecule has 3 atom stereocenters. The minimum atomic E-state index is -1.21. The van der Waals surface area contributed by atoms with Crippen molar-refractivity contribution in [1.82, 2.24) is 15.2 Å². The number of carboxylic acid groups (broad SMARTS) is 1. The third-order valence-corrected chi connectivity index (χ3v) is 8.14. The maximum atomic E-state index is 13.3. The lowest BCUT2D eigenvalue weighted by atomic mass is 10.0. The third kappa shape index (κ3) is 6.66. The van der Waals surface area contributed by atoms with E-state index in [0.29, 0.717) is 22.8 Å². The average Bonchev–Trinajstić information content (AvgIpc) is 3.29. The maximum Gasteiger partial charge on any atom is 0.353 e. The lowest BCUT2D eigenvalue weighted by Gasteiger charge is -2.49. The largest absolute Gasteiger partial charge is 0.477 e. The number of carbonyl (C=O) groups is 5. The topological polar surface area (TPSA) is 177 Å². The number of thiazole rings is 1. The first-order valence-corrected chi connectivity index (χ1v) is 14.3. The Kier molecular flexibility index (Phi) is 9.43. The Balaban J connectivity index is 1.82. The van der Waals surface area contributed by atoms with Gasteiger partial charge in [0.25, 0.3) is 11.8 Å². The number of ether oxygens (including phenoxy) is 1. The summed E-state index contributed by atoms with van der Waals surface area (Å²) in [6, 6.07) is -1.02. The molecule has 1 aromatic heterocycles. The van der Waals surface area contributed by atoms with Gasteiger partial charge in [-0.05, 0) is 33.4 Å². The first-order valence-electron chi connectivity index (χ1n) is 11.4. The number of oxime groups is 1. The molecular weight excluding hydrogens is 558 g/mol. The van der Waals surface area contributed by atoms with Crippen molar-refractivity contribution in [2.24, 2.45) is 5.16 Å². The predicted octanol–water partition coefficient (Wildman–Crippen LogP) is 1.61. The van der Waals surface area contributed by atoms with E-state index in [1.165, 1.54) is 40.7 Å². The van der Waals surface area contributed by atoms with Gasteiger partial charge in [0.05, 0.1) is 0 Å². The minimum Gasteiger partial charge on any atom is -0.477 e. The van der Waals surface area contributed by atoms with Gasteiger partial charge >= 0.3 is 11.9 Å². The fourth-order valence-corrected chi connectivity index (χ4v) is 6.41. The highest BCUT2D eigenvalue weighted by atomic mass is 32.2. The quantitative estimate of drug-likeness (QED) is 0.113. The Hall–Kier alpha value is -3.11. The van der Waals surface area contributed by atoms with Crippen molar-refractivity contribution in [3.05, 3.63) is 21.7 Å². The number of hydrogen-bond donors (Lipinski definition) is 3. The highest BCUT2D eigenvalue weighted by molar-refractivity contribution is 8.06. The molecule has 1 saturated heterocycles. The summed E-state index contributed by atoms with van der Waals surface area (Å²) >= 11 is 3.71.